The summed E-state index contributed by atoms with van der Waals surface area (Å²) < 4.78 is 27.2. The van der Waals surface area contributed by atoms with Crippen molar-refractivity contribution in [2.24, 2.45) is 0 Å². The van der Waals surface area contributed by atoms with Crippen LogP contribution in [-0.2, 0) is 22.0 Å². The molecule has 0 atom stereocenters. The molecule has 0 aliphatic rings. The molecule has 0 saturated heterocycles. The lowest BCUT2D eigenvalue weighted by Gasteiger charge is -2.22. The number of hydrogen-bond donors (Lipinski definition) is 0. The highest BCUT2D eigenvalue weighted by Crippen LogP contribution is 2.25. The fourth-order valence-corrected chi connectivity index (χ4v) is 3.87. The Kier molecular flexibility index (Phi) is 5.27. The molecule has 0 bridgehead atoms. The fourth-order valence-electron chi connectivity index (χ4n) is 2.43. The topological polar surface area (TPSA) is 37.4 Å². The van der Waals surface area contributed by atoms with Crippen LogP contribution in [0.2, 0.25) is 0 Å². The summed E-state index contributed by atoms with van der Waals surface area (Å²) in [6.45, 7) is 9.04. The molecule has 0 fully saturated rings. The second-order valence-corrected chi connectivity index (χ2v) is 8.63. The van der Waals surface area contributed by atoms with Crippen molar-refractivity contribution in [2.45, 2.75) is 44.6 Å². The largest absolute Gasteiger partial charge is 0.243 e. The molecule has 0 N–H and O–H groups in total. The number of benzene rings is 2. The molecule has 0 amide bonds. The first kappa shape index (κ1) is 17.7. The molecule has 3 nitrogen and oxygen atoms in total. The van der Waals surface area contributed by atoms with Crippen LogP contribution in [0.25, 0.3) is 0 Å². The van der Waals surface area contributed by atoms with Crippen molar-refractivity contribution < 1.29 is 8.42 Å². The van der Waals surface area contributed by atoms with E-state index >= 15 is 0 Å². The number of sulfonamides is 1. The molecule has 0 saturated carbocycles. The normalized spacial score (nSPS) is 12.6. The van der Waals surface area contributed by atoms with Crippen molar-refractivity contribution in [2.75, 3.05) is 6.54 Å². The van der Waals surface area contributed by atoms with Crippen LogP contribution in [0.1, 0.15) is 38.8 Å². The lowest BCUT2D eigenvalue weighted by atomic mass is 9.87. The Hall–Kier alpha value is -1.65. The van der Waals surface area contributed by atoms with Gasteiger partial charge in [0.2, 0.25) is 10.0 Å². The van der Waals surface area contributed by atoms with Gasteiger partial charge in [-0.05, 0) is 28.7 Å². The van der Waals surface area contributed by atoms with E-state index in [0.29, 0.717) is 18.0 Å². The Balaban J connectivity index is 2.28. The molecule has 2 rings (SSSR count). The maximum atomic E-state index is 12.9. The predicted octanol–water partition coefficient (Wildman–Crippen LogP) is 4.19. The van der Waals surface area contributed by atoms with Gasteiger partial charge in [0.25, 0.3) is 0 Å². The van der Waals surface area contributed by atoms with Crippen LogP contribution in [-0.4, -0.2) is 19.3 Å². The molecule has 0 aromatic heterocycles. The second-order valence-electron chi connectivity index (χ2n) is 6.69. The first-order chi connectivity index (χ1) is 10.7. The maximum Gasteiger partial charge on any atom is 0.243 e. The minimum Gasteiger partial charge on any atom is -0.207 e. The van der Waals surface area contributed by atoms with Crippen molar-refractivity contribution in [1.82, 2.24) is 4.31 Å². The molecule has 0 radical (unpaired) electrons. The molecule has 0 unspecified atom stereocenters. The van der Waals surface area contributed by atoms with E-state index in [0.717, 1.165) is 11.1 Å². The van der Waals surface area contributed by atoms with Crippen molar-refractivity contribution >= 4 is 10.0 Å². The first-order valence-corrected chi connectivity index (χ1v) is 9.34. The minimum atomic E-state index is -3.48. The van der Waals surface area contributed by atoms with Crippen molar-refractivity contribution in [3.63, 3.8) is 0 Å². The zero-order chi connectivity index (χ0) is 17.1. The third-order valence-electron chi connectivity index (χ3n) is 3.91. The van der Waals surface area contributed by atoms with E-state index in [1.54, 1.807) is 12.1 Å². The van der Waals surface area contributed by atoms with Crippen molar-refractivity contribution in [3.05, 3.63) is 65.7 Å². The van der Waals surface area contributed by atoms with Gasteiger partial charge in [-0.25, -0.2) is 8.42 Å². The van der Waals surface area contributed by atoms with Gasteiger partial charge in [-0.15, -0.1) is 0 Å². The number of rotatable bonds is 5. The maximum absolute atomic E-state index is 12.9. The van der Waals surface area contributed by atoms with Crippen LogP contribution in [0, 0.1) is 0 Å². The highest BCUT2D eigenvalue weighted by atomic mass is 32.2. The Morgan fingerprint density at radius 2 is 1.48 bits per heavy atom. The average Bonchev–Trinajstić information content (AvgIpc) is 2.52. The third kappa shape index (κ3) is 4.21. The van der Waals surface area contributed by atoms with E-state index in [9.17, 15) is 8.42 Å². The summed E-state index contributed by atoms with van der Waals surface area (Å²) in [5.74, 6) is 0. The van der Waals surface area contributed by atoms with E-state index < -0.39 is 10.0 Å². The summed E-state index contributed by atoms with van der Waals surface area (Å²) in [6, 6.07) is 16.9. The van der Waals surface area contributed by atoms with Crippen LogP contribution in [0.3, 0.4) is 0 Å². The molecule has 23 heavy (non-hydrogen) atoms. The quantitative estimate of drug-likeness (QED) is 0.823. The standard InChI is InChI=1S/C19H25NO2S/c1-5-20(15-16-9-7-6-8-10-16)23(21,22)18-13-11-17(12-14-18)19(2,3)4/h6-14H,5,15H2,1-4H3. The molecule has 0 spiro atoms. The Labute approximate surface area is 140 Å². The highest BCUT2D eigenvalue weighted by Gasteiger charge is 2.24. The van der Waals surface area contributed by atoms with Gasteiger partial charge in [-0.3, -0.25) is 0 Å². The fraction of sp³-hybridized carbons (Fsp3) is 0.368. The van der Waals surface area contributed by atoms with Gasteiger partial charge in [0.1, 0.15) is 0 Å². The highest BCUT2D eigenvalue weighted by molar-refractivity contribution is 7.89. The summed E-state index contributed by atoms with van der Waals surface area (Å²) in [6.07, 6.45) is 0. The van der Waals surface area contributed by atoms with Crippen LogP contribution >= 0.6 is 0 Å². The Bertz CT molecular complexity index is 729. The van der Waals surface area contributed by atoms with E-state index in [1.165, 1.54) is 4.31 Å². The van der Waals surface area contributed by atoms with E-state index in [-0.39, 0.29) is 5.41 Å². The molecule has 0 heterocycles. The zero-order valence-corrected chi connectivity index (χ0v) is 15.1. The van der Waals surface area contributed by atoms with Gasteiger partial charge in [0.15, 0.2) is 0 Å². The van der Waals surface area contributed by atoms with Crippen molar-refractivity contribution in [3.8, 4) is 0 Å². The molecular formula is C19H25NO2S. The summed E-state index contributed by atoms with van der Waals surface area (Å²) >= 11 is 0. The van der Waals surface area contributed by atoms with Crippen LogP contribution < -0.4 is 0 Å². The van der Waals surface area contributed by atoms with E-state index in [1.807, 2.05) is 49.4 Å². The van der Waals surface area contributed by atoms with E-state index in [4.69, 9.17) is 0 Å². The predicted molar refractivity (Wildman–Crippen MR) is 94.9 cm³/mol. The third-order valence-corrected chi connectivity index (χ3v) is 5.85. The monoisotopic (exact) mass is 331 g/mol. The van der Waals surface area contributed by atoms with Gasteiger partial charge < -0.3 is 0 Å². The van der Waals surface area contributed by atoms with Gasteiger partial charge in [0, 0.05) is 13.1 Å². The van der Waals surface area contributed by atoms with Crippen molar-refractivity contribution in [1.29, 1.82) is 0 Å². The molecule has 4 heteroatoms. The second kappa shape index (κ2) is 6.85. The zero-order valence-electron chi connectivity index (χ0n) is 14.3. The Morgan fingerprint density at radius 1 is 0.913 bits per heavy atom. The average molecular weight is 331 g/mol. The van der Waals surface area contributed by atoms with Gasteiger partial charge >= 0.3 is 0 Å². The van der Waals surface area contributed by atoms with Crippen LogP contribution in [0.4, 0.5) is 0 Å². The van der Waals surface area contributed by atoms with Gasteiger partial charge in [-0.1, -0.05) is 70.2 Å². The lowest BCUT2D eigenvalue weighted by molar-refractivity contribution is 0.423. The molecular weight excluding hydrogens is 306 g/mol. The lowest BCUT2D eigenvalue weighted by Crippen LogP contribution is -2.30. The molecule has 0 aliphatic carbocycles. The van der Waals surface area contributed by atoms with Gasteiger partial charge in [-0.2, -0.15) is 4.31 Å². The van der Waals surface area contributed by atoms with E-state index in [2.05, 4.69) is 20.8 Å². The van der Waals surface area contributed by atoms with Crippen LogP contribution in [0.15, 0.2) is 59.5 Å². The van der Waals surface area contributed by atoms with Crippen LogP contribution in [0.5, 0.6) is 0 Å². The first-order valence-electron chi connectivity index (χ1n) is 7.90. The molecule has 2 aromatic carbocycles. The Morgan fingerprint density at radius 3 is 1.96 bits per heavy atom. The number of nitrogens with zero attached hydrogens (tertiary/aromatic N) is 1. The smallest absolute Gasteiger partial charge is 0.207 e. The van der Waals surface area contributed by atoms with Gasteiger partial charge in [0.05, 0.1) is 4.90 Å². The molecule has 0 aliphatic heterocycles. The molecule has 2 aromatic rings. The minimum absolute atomic E-state index is 0.0107. The molecule has 124 valence electrons. The summed E-state index contributed by atoms with van der Waals surface area (Å²) in [5, 5.41) is 0. The summed E-state index contributed by atoms with van der Waals surface area (Å²) in [5.41, 5.74) is 2.13. The number of hydrogen-bond acceptors (Lipinski definition) is 2. The summed E-state index contributed by atoms with van der Waals surface area (Å²) in [7, 11) is -3.48. The SMILES string of the molecule is CCN(Cc1ccccc1)S(=O)(=O)c1ccc(C(C)(C)C)cc1. The summed E-state index contributed by atoms with van der Waals surface area (Å²) in [4.78, 5) is 0.350.